The third kappa shape index (κ3) is 3.97. The number of nitrogens with one attached hydrogen (secondary N) is 3. The molecule has 2 aromatic carbocycles. The van der Waals surface area contributed by atoms with Gasteiger partial charge in [-0.15, -0.1) is 0 Å². The lowest BCUT2D eigenvalue weighted by Gasteiger charge is -2.37. The average molecular weight is 435 g/mol. The number of methoxy groups -OCH3 is 1. The van der Waals surface area contributed by atoms with Crippen molar-refractivity contribution in [3.05, 3.63) is 59.2 Å². The van der Waals surface area contributed by atoms with Gasteiger partial charge < -0.3 is 20.7 Å². The standard InChI is InChI=1S/C26H34N4O2/c1-3-30-14-4-5-19(30)16-28-26(31)18-8-11-23-22(15-18)25-21(12-13-27-25)24(29-23)17-6-9-20(32-2)10-7-17/h6-11,15,19,21,24-25,27,29H,3-5,12-14,16H2,1-2H3,(H,28,31). The minimum absolute atomic E-state index is 0.0302. The van der Waals surface area contributed by atoms with E-state index < -0.39 is 0 Å². The molecule has 4 atom stereocenters. The van der Waals surface area contributed by atoms with E-state index in [0.29, 0.717) is 12.0 Å². The lowest BCUT2D eigenvalue weighted by atomic mass is 9.80. The number of carbonyl (C=O) groups is 1. The number of likely N-dealkylation sites (tertiary alicyclic amines) is 1. The van der Waals surface area contributed by atoms with Crippen LogP contribution in [0, 0.1) is 5.92 Å². The second-order valence-corrected chi connectivity index (χ2v) is 9.22. The molecule has 0 saturated carbocycles. The number of rotatable bonds is 6. The molecule has 6 heteroatoms. The van der Waals surface area contributed by atoms with Gasteiger partial charge in [0.2, 0.25) is 0 Å². The van der Waals surface area contributed by atoms with Crippen molar-refractivity contribution in [2.45, 2.75) is 44.3 Å². The molecule has 0 spiro atoms. The molecule has 0 aromatic heterocycles. The van der Waals surface area contributed by atoms with Crippen molar-refractivity contribution in [1.82, 2.24) is 15.5 Å². The fourth-order valence-corrected chi connectivity index (χ4v) is 5.79. The van der Waals surface area contributed by atoms with E-state index in [0.717, 1.165) is 49.6 Å². The van der Waals surface area contributed by atoms with E-state index in [1.54, 1.807) is 7.11 Å². The Balaban J connectivity index is 1.33. The Morgan fingerprint density at radius 1 is 1.16 bits per heavy atom. The third-order valence-corrected chi connectivity index (χ3v) is 7.54. The zero-order chi connectivity index (χ0) is 22.1. The summed E-state index contributed by atoms with van der Waals surface area (Å²) in [6, 6.07) is 15.5. The highest BCUT2D eigenvalue weighted by molar-refractivity contribution is 5.95. The Bertz CT molecular complexity index is 961. The van der Waals surface area contributed by atoms with E-state index >= 15 is 0 Å². The maximum Gasteiger partial charge on any atom is 0.251 e. The highest BCUT2D eigenvalue weighted by Gasteiger charge is 2.40. The normalized spacial score (nSPS) is 26.8. The van der Waals surface area contributed by atoms with Crippen molar-refractivity contribution >= 4 is 11.6 Å². The first kappa shape index (κ1) is 21.3. The molecule has 32 heavy (non-hydrogen) atoms. The maximum absolute atomic E-state index is 12.9. The lowest BCUT2D eigenvalue weighted by Crippen LogP contribution is -2.40. The van der Waals surface area contributed by atoms with Crippen molar-refractivity contribution in [3.8, 4) is 5.75 Å². The summed E-state index contributed by atoms with van der Waals surface area (Å²) in [6.07, 6.45) is 3.50. The Morgan fingerprint density at radius 2 is 2.00 bits per heavy atom. The van der Waals surface area contributed by atoms with Gasteiger partial charge in [0.15, 0.2) is 0 Å². The molecule has 3 heterocycles. The number of anilines is 1. The van der Waals surface area contributed by atoms with Gasteiger partial charge in [-0.25, -0.2) is 0 Å². The molecule has 170 valence electrons. The zero-order valence-corrected chi connectivity index (χ0v) is 19.1. The Labute approximate surface area is 190 Å². The molecule has 2 aromatic rings. The van der Waals surface area contributed by atoms with E-state index in [2.05, 4.69) is 52.0 Å². The van der Waals surface area contributed by atoms with Gasteiger partial charge in [-0.05, 0) is 80.4 Å². The molecule has 3 aliphatic heterocycles. The van der Waals surface area contributed by atoms with Gasteiger partial charge in [0.05, 0.1) is 13.2 Å². The molecule has 3 aliphatic rings. The predicted octanol–water partition coefficient (Wildman–Crippen LogP) is 3.73. The van der Waals surface area contributed by atoms with Crippen LogP contribution in [0.15, 0.2) is 42.5 Å². The Morgan fingerprint density at radius 3 is 2.78 bits per heavy atom. The minimum Gasteiger partial charge on any atom is -0.497 e. The highest BCUT2D eigenvalue weighted by Crippen LogP contribution is 2.47. The number of nitrogens with zero attached hydrogens (tertiary/aromatic N) is 1. The van der Waals surface area contributed by atoms with Gasteiger partial charge in [-0.2, -0.15) is 0 Å². The summed E-state index contributed by atoms with van der Waals surface area (Å²) < 4.78 is 5.33. The number of hydrogen-bond donors (Lipinski definition) is 3. The smallest absolute Gasteiger partial charge is 0.251 e. The summed E-state index contributed by atoms with van der Waals surface area (Å²) in [4.78, 5) is 15.4. The minimum atomic E-state index is 0.0302. The van der Waals surface area contributed by atoms with Crippen molar-refractivity contribution < 1.29 is 9.53 Å². The second-order valence-electron chi connectivity index (χ2n) is 9.22. The molecule has 3 N–H and O–H groups in total. The maximum atomic E-state index is 12.9. The van der Waals surface area contributed by atoms with Gasteiger partial charge >= 0.3 is 0 Å². The molecular weight excluding hydrogens is 400 g/mol. The highest BCUT2D eigenvalue weighted by atomic mass is 16.5. The van der Waals surface area contributed by atoms with Crippen LogP contribution < -0.4 is 20.7 Å². The largest absolute Gasteiger partial charge is 0.497 e. The predicted molar refractivity (Wildman–Crippen MR) is 127 cm³/mol. The first-order valence-electron chi connectivity index (χ1n) is 12.0. The van der Waals surface area contributed by atoms with Gasteiger partial charge in [0.1, 0.15) is 5.75 Å². The molecule has 0 aliphatic carbocycles. The molecule has 6 nitrogen and oxygen atoms in total. The monoisotopic (exact) mass is 434 g/mol. The third-order valence-electron chi connectivity index (χ3n) is 7.54. The van der Waals surface area contributed by atoms with Crippen LogP contribution in [0.3, 0.4) is 0 Å². The van der Waals surface area contributed by atoms with Crippen molar-refractivity contribution in [1.29, 1.82) is 0 Å². The number of benzene rings is 2. The Kier molecular flexibility index (Phi) is 6.07. The number of ether oxygens (including phenoxy) is 1. The van der Waals surface area contributed by atoms with Crippen LogP contribution in [-0.2, 0) is 0 Å². The van der Waals surface area contributed by atoms with Crippen LogP contribution >= 0.6 is 0 Å². The Hall–Kier alpha value is -2.57. The van der Waals surface area contributed by atoms with Crippen molar-refractivity contribution in [3.63, 3.8) is 0 Å². The zero-order valence-electron chi connectivity index (χ0n) is 19.1. The number of amides is 1. The quantitative estimate of drug-likeness (QED) is 0.647. The van der Waals surface area contributed by atoms with E-state index in [1.165, 1.54) is 24.0 Å². The van der Waals surface area contributed by atoms with E-state index in [-0.39, 0.29) is 18.0 Å². The van der Waals surface area contributed by atoms with Gasteiger partial charge in [-0.3, -0.25) is 9.69 Å². The fraction of sp³-hybridized carbons (Fsp3) is 0.500. The summed E-state index contributed by atoms with van der Waals surface area (Å²) in [5.41, 5.74) is 4.35. The molecule has 0 bridgehead atoms. The molecule has 4 unspecified atom stereocenters. The van der Waals surface area contributed by atoms with Crippen LogP contribution in [0.1, 0.15) is 59.8 Å². The molecule has 1 amide bonds. The second kappa shape index (κ2) is 9.12. The summed E-state index contributed by atoms with van der Waals surface area (Å²) in [6.45, 7) is 6.11. The van der Waals surface area contributed by atoms with Gasteiger partial charge in [0, 0.05) is 35.8 Å². The number of fused-ring (bicyclic) bond motifs is 3. The first-order valence-corrected chi connectivity index (χ1v) is 12.0. The van der Waals surface area contributed by atoms with E-state index in [9.17, 15) is 4.79 Å². The fourth-order valence-electron chi connectivity index (χ4n) is 5.79. The van der Waals surface area contributed by atoms with Crippen molar-refractivity contribution in [2.75, 3.05) is 38.6 Å². The molecule has 5 rings (SSSR count). The van der Waals surface area contributed by atoms with Crippen molar-refractivity contribution in [2.24, 2.45) is 5.92 Å². The first-order chi connectivity index (χ1) is 15.7. The van der Waals surface area contributed by atoms with Crippen LogP contribution in [0.2, 0.25) is 0 Å². The van der Waals surface area contributed by atoms with Crippen LogP contribution in [0.5, 0.6) is 5.75 Å². The van der Waals surface area contributed by atoms with Gasteiger partial charge in [0.25, 0.3) is 5.91 Å². The SMILES string of the molecule is CCN1CCCC1CNC(=O)c1ccc2c(c1)C1NCCC1C(c1ccc(OC)cc1)N2. The summed E-state index contributed by atoms with van der Waals surface area (Å²) >= 11 is 0. The molecule has 0 radical (unpaired) electrons. The molecular formula is C26H34N4O2. The topological polar surface area (TPSA) is 65.6 Å². The van der Waals surface area contributed by atoms with E-state index in [1.807, 2.05) is 18.2 Å². The van der Waals surface area contributed by atoms with Crippen LogP contribution in [0.4, 0.5) is 5.69 Å². The van der Waals surface area contributed by atoms with E-state index in [4.69, 9.17) is 4.74 Å². The number of carbonyl (C=O) groups excluding carboxylic acids is 1. The lowest BCUT2D eigenvalue weighted by molar-refractivity contribution is 0.0941. The molecule has 2 fully saturated rings. The summed E-state index contributed by atoms with van der Waals surface area (Å²) in [5, 5.41) is 10.6. The number of hydrogen-bond acceptors (Lipinski definition) is 5. The van der Waals surface area contributed by atoms with Gasteiger partial charge in [-0.1, -0.05) is 19.1 Å². The number of likely N-dealkylation sites (N-methyl/N-ethyl adjacent to an activating group) is 1. The summed E-state index contributed by atoms with van der Waals surface area (Å²) in [7, 11) is 1.70. The summed E-state index contributed by atoms with van der Waals surface area (Å²) in [5.74, 6) is 1.36. The average Bonchev–Trinajstić information content (AvgIpc) is 3.51. The van der Waals surface area contributed by atoms with Crippen LogP contribution in [-0.4, -0.2) is 50.1 Å². The van der Waals surface area contributed by atoms with Crippen LogP contribution in [0.25, 0.3) is 0 Å². The molecule has 2 saturated heterocycles.